The fraction of sp³-hybridized carbons (Fsp3) is 0.174. The predicted octanol–water partition coefficient (Wildman–Crippen LogP) is 3.40. The largest absolute Gasteiger partial charge is 0.496 e. The number of nitrogens with one attached hydrogen (secondary N) is 1. The Morgan fingerprint density at radius 1 is 1.13 bits per heavy atom. The second kappa shape index (κ2) is 8.24. The topological polar surface area (TPSA) is 86.4 Å². The number of fused-ring (bicyclic) bond motifs is 1. The molecule has 0 spiro atoms. The highest BCUT2D eigenvalue weighted by Crippen LogP contribution is 2.29. The van der Waals surface area contributed by atoms with Crippen LogP contribution in [-0.2, 0) is 6.54 Å². The number of hydrogen-bond donors (Lipinski definition) is 1. The molecule has 2 aromatic heterocycles. The Hall–Kier alpha value is -3.87. The third-order valence-electron chi connectivity index (χ3n) is 4.94. The van der Waals surface area contributed by atoms with Gasteiger partial charge < -0.3 is 19.1 Å². The summed E-state index contributed by atoms with van der Waals surface area (Å²) in [6, 6.07) is 18.1. The molecule has 0 fully saturated rings. The van der Waals surface area contributed by atoms with E-state index in [1.807, 2.05) is 37.3 Å². The standard InChI is InChI=1S/C23H21N3O4/c1-15-12-18(29-2)14-21(27)26(15)11-10-24-23(28)17-8-9-20-19(13-17)22(30-25-20)16-6-4-3-5-7-16/h3-9,12-14H,10-11H2,1-2H3,(H,24,28). The first kappa shape index (κ1) is 19.4. The molecular weight excluding hydrogens is 382 g/mol. The van der Waals surface area contributed by atoms with Crippen LogP contribution >= 0.6 is 0 Å². The lowest BCUT2D eigenvalue weighted by Gasteiger charge is -2.12. The molecule has 7 nitrogen and oxygen atoms in total. The highest BCUT2D eigenvalue weighted by atomic mass is 16.5. The Bertz CT molecular complexity index is 1260. The predicted molar refractivity (Wildman–Crippen MR) is 114 cm³/mol. The summed E-state index contributed by atoms with van der Waals surface area (Å²) in [5.41, 5.74) is 2.69. The van der Waals surface area contributed by atoms with Crippen molar-refractivity contribution in [1.29, 1.82) is 0 Å². The summed E-state index contributed by atoms with van der Waals surface area (Å²) < 4.78 is 12.2. The van der Waals surface area contributed by atoms with Crippen LogP contribution in [0.1, 0.15) is 16.1 Å². The van der Waals surface area contributed by atoms with Crippen molar-refractivity contribution in [3.05, 3.63) is 82.3 Å². The Kier molecular flexibility index (Phi) is 5.34. The first-order valence-corrected chi connectivity index (χ1v) is 9.55. The molecule has 0 aliphatic rings. The van der Waals surface area contributed by atoms with Gasteiger partial charge in [0.15, 0.2) is 5.76 Å². The number of amides is 1. The average molecular weight is 403 g/mol. The third-order valence-corrected chi connectivity index (χ3v) is 4.94. The first-order chi connectivity index (χ1) is 14.6. The maximum atomic E-state index is 12.6. The van der Waals surface area contributed by atoms with Gasteiger partial charge in [0.1, 0.15) is 11.3 Å². The molecule has 0 radical (unpaired) electrons. The SMILES string of the molecule is COc1cc(C)n(CCNC(=O)c2ccc3noc(-c4ccccc4)c3c2)c(=O)c1. The molecule has 30 heavy (non-hydrogen) atoms. The lowest BCUT2D eigenvalue weighted by Crippen LogP contribution is -2.31. The number of rotatable bonds is 6. The van der Waals surface area contributed by atoms with Crippen molar-refractivity contribution in [2.45, 2.75) is 13.5 Å². The Morgan fingerprint density at radius 3 is 2.67 bits per heavy atom. The number of aryl methyl sites for hydroxylation is 1. The zero-order valence-electron chi connectivity index (χ0n) is 16.7. The monoisotopic (exact) mass is 403 g/mol. The van der Waals surface area contributed by atoms with Gasteiger partial charge >= 0.3 is 0 Å². The van der Waals surface area contributed by atoms with Gasteiger partial charge in [-0.05, 0) is 31.2 Å². The third kappa shape index (κ3) is 3.82. The second-order valence-electron chi connectivity index (χ2n) is 6.89. The molecule has 7 heteroatoms. The van der Waals surface area contributed by atoms with Gasteiger partial charge in [-0.1, -0.05) is 35.5 Å². The van der Waals surface area contributed by atoms with Gasteiger partial charge in [0.05, 0.1) is 12.5 Å². The molecule has 152 valence electrons. The average Bonchev–Trinajstić information content (AvgIpc) is 3.19. The quantitative estimate of drug-likeness (QED) is 0.533. The minimum Gasteiger partial charge on any atom is -0.496 e. The normalized spacial score (nSPS) is 10.9. The molecule has 1 amide bonds. The fourth-order valence-corrected chi connectivity index (χ4v) is 3.37. The number of ether oxygens (including phenoxy) is 1. The highest BCUT2D eigenvalue weighted by Gasteiger charge is 2.14. The molecule has 0 bridgehead atoms. The second-order valence-corrected chi connectivity index (χ2v) is 6.89. The van der Waals surface area contributed by atoms with Crippen LogP contribution in [0.25, 0.3) is 22.2 Å². The van der Waals surface area contributed by atoms with Crippen LogP contribution < -0.4 is 15.6 Å². The molecule has 2 aromatic carbocycles. The summed E-state index contributed by atoms with van der Waals surface area (Å²) >= 11 is 0. The van der Waals surface area contributed by atoms with Gasteiger partial charge in [-0.25, -0.2) is 0 Å². The molecule has 0 saturated carbocycles. The van der Waals surface area contributed by atoms with Crippen LogP contribution in [0.3, 0.4) is 0 Å². The fourth-order valence-electron chi connectivity index (χ4n) is 3.37. The minimum atomic E-state index is -0.226. The number of carbonyl (C=O) groups is 1. The molecule has 4 rings (SSSR count). The molecule has 0 atom stereocenters. The van der Waals surface area contributed by atoms with Gasteiger partial charge in [0, 0.05) is 36.0 Å². The molecule has 0 unspecified atom stereocenters. The van der Waals surface area contributed by atoms with Crippen LogP contribution in [0.5, 0.6) is 5.75 Å². The van der Waals surface area contributed by atoms with Gasteiger partial charge in [-0.2, -0.15) is 0 Å². The number of hydrogen-bond acceptors (Lipinski definition) is 5. The number of aromatic nitrogens is 2. The maximum Gasteiger partial charge on any atom is 0.254 e. The Labute approximate surface area is 172 Å². The van der Waals surface area contributed by atoms with Crippen LogP contribution in [0.15, 0.2) is 70.0 Å². The summed E-state index contributed by atoms with van der Waals surface area (Å²) in [5.74, 6) is 0.922. The van der Waals surface area contributed by atoms with E-state index in [4.69, 9.17) is 9.26 Å². The summed E-state index contributed by atoms with van der Waals surface area (Å²) in [7, 11) is 1.52. The molecule has 2 heterocycles. The summed E-state index contributed by atoms with van der Waals surface area (Å²) in [5, 5.41) is 7.72. The van der Waals surface area contributed by atoms with Gasteiger partial charge in [0.2, 0.25) is 0 Å². The van der Waals surface area contributed by atoms with E-state index in [-0.39, 0.29) is 11.5 Å². The number of methoxy groups -OCH3 is 1. The van der Waals surface area contributed by atoms with Crippen molar-refractivity contribution < 1.29 is 14.1 Å². The smallest absolute Gasteiger partial charge is 0.254 e. The van der Waals surface area contributed by atoms with E-state index in [0.717, 1.165) is 16.6 Å². The lowest BCUT2D eigenvalue weighted by atomic mass is 10.1. The van der Waals surface area contributed by atoms with Crippen LogP contribution in [0.2, 0.25) is 0 Å². The first-order valence-electron chi connectivity index (χ1n) is 9.55. The van der Waals surface area contributed by atoms with Gasteiger partial charge in [0.25, 0.3) is 11.5 Å². The van der Waals surface area contributed by atoms with Crippen LogP contribution in [0, 0.1) is 6.92 Å². The Morgan fingerprint density at radius 2 is 1.93 bits per heavy atom. The van der Waals surface area contributed by atoms with Crippen molar-refractivity contribution in [2.75, 3.05) is 13.7 Å². The molecule has 4 aromatic rings. The van der Waals surface area contributed by atoms with Crippen LogP contribution in [0.4, 0.5) is 0 Å². The summed E-state index contributed by atoms with van der Waals surface area (Å²) in [6.07, 6.45) is 0. The number of carbonyl (C=O) groups excluding carboxylic acids is 1. The minimum absolute atomic E-state index is 0.167. The Balaban J connectivity index is 1.50. The molecule has 0 aliphatic carbocycles. The van der Waals surface area contributed by atoms with Crippen molar-refractivity contribution in [3.63, 3.8) is 0 Å². The highest BCUT2D eigenvalue weighted by molar-refractivity contribution is 6.00. The molecular formula is C23H21N3O4. The van der Waals surface area contributed by atoms with Crippen LogP contribution in [-0.4, -0.2) is 29.3 Å². The zero-order valence-corrected chi connectivity index (χ0v) is 16.7. The maximum absolute atomic E-state index is 12.6. The zero-order chi connectivity index (χ0) is 21.1. The number of nitrogens with zero attached hydrogens (tertiary/aromatic N) is 2. The van der Waals surface area contributed by atoms with E-state index >= 15 is 0 Å². The lowest BCUT2D eigenvalue weighted by molar-refractivity contribution is 0.0952. The number of benzene rings is 2. The van der Waals surface area contributed by atoms with E-state index < -0.39 is 0 Å². The van der Waals surface area contributed by atoms with E-state index in [2.05, 4.69) is 10.5 Å². The molecule has 1 N–H and O–H groups in total. The number of pyridine rings is 1. The van der Waals surface area contributed by atoms with E-state index in [1.165, 1.54) is 13.2 Å². The summed E-state index contributed by atoms with van der Waals surface area (Å²) in [4.78, 5) is 24.9. The van der Waals surface area contributed by atoms with Crippen molar-refractivity contribution >= 4 is 16.8 Å². The van der Waals surface area contributed by atoms with E-state index in [1.54, 1.807) is 28.8 Å². The van der Waals surface area contributed by atoms with Gasteiger partial charge in [-0.3, -0.25) is 9.59 Å². The van der Waals surface area contributed by atoms with Crippen molar-refractivity contribution in [3.8, 4) is 17.1 Å². The van der Waals surface area contributed by atoms with Gasteiger partial charge in [-0.15, -0.1) is 0 Å². The summed E-state index contributed by atoms with van der Waals surface area (Å²) in [6.45, 7) is 2.51. The van der Waals surface area contributed by atoms with Crippen molar-refractivity contribution in [1.82, 2.24) is 15.0 Å². The molecule has 0 saturated heterocycles. The van der Waals surface area contributed by atoms with Crippen molar-refractivity contribution in [2.24, 2.45) is 0 Å². The van der Waals surface area contributed by atoms with E-state index in [9.17, 15) is 9.59 Å². The molecule has 0 aliphatic heterocycles. The van der Waals surface area contributed by atoms with E-state index in [0.29, 0.717) is 35.7 Å².